The van der Waals surface area contributed by atoms with E-state index in [-0.39, 0.29) is 10.8 Å². The maximum absolute atomic E-state index is 12.7. The van der Waals surface area contributed by atoms with Gasteiger partial charge in [0.05, 0.1) is 10.8 Å². The van der Waals surface area contributed by atoms with Gasteiger partial charge in [0.15, 0.2) is 0 Å². The molecule has 0 aliphatic carbocycles. The van der Waals surface area contributed by atoms with Crippen LogP contribution in [-0.2, 0) is 25.5 Å². The molecule has 2 aromatic rings. The van der Waals surface area contributed by atoms with E-state index in [1.807, 2.05) is 31.2 Å². The minimum Gasteiger partial charge on any atom is -0.365 e. The number of ether oxygens (including phenoxy) is 1. The lowest BCUT2D eigenvalue weighted by molar-refractivity contribution is 0.137. The van der Waals surface area contributed by atoms with Gasteiger partial charge in [-0.15, -0.1) is 15.4 Å². The highest BCUT2D eigenvalue weighted by Gasteiger charge is 2.22. The number of hydrogen-bond donors (Lipinski definition) is 0. The molecule has 0 saturated heterocycles. The molecule has 24 heavy (non-hydrogen) atoms. The fourth-order valence-corrected chi connectivity index (χ4v) is 7.00. The van der Waals surface area contributed by atoms with Gasteiger partial charge >= 0.3 is 0 Å². The van der Waals surface area contributed by atoms with Crippen LogP contribution in [0.15, 0.2) is 68.2 Å². The van der Waals surface area contributed by atoms with E-state index in [4.69, 9.17) is 16.3 Å². The van der Waals surface area contributed by atoms with Gasteiger partial charge in [-0.25, -0.2) is 0 Å². The monoisotopic (exact) mass is 497 g/mol. The van der Waals surface area contributed by atoms with Crippen LogP contribution in [0.5, 0.6) is 0 Å². The normalized spacial score (nSPS) is 14.5. The largest absolute Gasteiger partial charge is 0.365 e. The highest BCUT2D eigenvalue weighted by atomic mass is 127. The predicted molar refractivity (Wildman–Crippen MR) is 107 cm³/mol. The predicted octanol–water partition coefficient (Wildman–Crippen LogP) is 4.44. The van der Waals surface area contributed by atoms with Gasteiger partial charge in [-0.05, 0) is 64.5 Å². The number of hydrogen-bond acceptors (Lipinski definition) is 3. The molecule has 0 aliphatic rings. The summed E-state index contributed by atoms with van der Waals surface area (Å²) in [6.45, 7) is 2.29. The van der Waals surface area contributed by atoms with Crippen molar-refractivity contribution in [2.45, 2.75) is 22.2 Å². The van der Waals surface area contributed by atoms with Crippen LogP contribution in [0.1, 0.15) is 6.92 Å². The first-order chi connectivity index (χ1) is 11.5. The Morgan fingerprint density at radius 2 is 1.79 bits per heavy atom. The summed E-state index contributed by atoms with van der Waals surface area (Å²) in [4.78, 5) is 0.981. The quantitative estimate of drug-likeness (QED) is 0.420. The zero-order chi connectivity index (χ0) is 17.6. The molecule has 0 fully saturated rings. The van der Waals surface area contributed by atoms with Crippen LogP contribution in [0.4, 0.5) is 0 Å². The van der Waals surface area contributed by atoms with E-state index in [2.05, 4.69) is 26.4 Å². The Kier molecular flexibility index (Phi) is 7.67. The number of rotatable bonds is 7. The van der Waals surface area contributed by atoms with Crippen LogP contribution in [0.2, 0.25) is 0 Å². The highest BCUT2D eigenvalue weighted by Crippen LogP contribution is 2.25. The molecule has 0 aromatic heterocycles. The first kappa shape index (κ1) is 19.8. The summed E-state index contributed by atoms with van der Waals surface area (Å²) in [7, 11) is -4.83. The van der Waals surface area contributed by atoms with Gasteiger partial charge in [-0.3, -0.25) is 0 Å². The average Bonchev–Trinajstić information content (AvgIpc) is 2.59. The molecule has 0 saturated carbocycles. The van der Waals surface area contributed by atoms with Crippen LogP contribution >= 0.6 is 34.2 Å². The molecule has 0 N–H and O–H groups in total. The maximum Gasteiger partial charge on any atom is 0.288 e. The zero-order valence-corrected chi connectivity index (χ0v) is 17.5. The molecule has 0 amide bonds. The topological polar surface area (TPSA) is 55.7 Å². The smallest absolute Gasteiger partial charge is 0.288 e. The summed E-state index contributed by atoms with van der Waals surface area (Å²) in [5.41, 5.74) is -0.494. The van der Waals surface area contributed by atoms with Crippen LogP contribution in [0, 0.1) is 3.57 Å². The Balaban J connectivity index is 2.60. The van der Waals surface area contributed by atoms with Crippen molar-refractivity contribution >= 4 is 54.9 Å². The molecular weight excluding hydrogens is 481 g/mol. The third-order valence-corrected chi connectivity index (χ3v) is 8.68. The van der Waals surface area contributed by atoms with Crippen molar-refractivity contribution in [2.75, 3.05) is 12.5 Å². The fraction of sp³-hybridized carbons (Fsp3) is 0.250. The molecule has 4 nitrogen and oxygen atoms in total. The molecule has 130 valence electrons. The first-order valence-electron chi connectivity index (χ1n) is 7.18. The summed E-state index contributed by atoms with van der Waals surface area (Å²) in [6.07, 6.45) is 0. The Morgan fingerprint density at radius 3 is 2.38 bits per heavy atom. The average molecular weight is 498 g/mol. The highest BCUT2D eigenvalue weighted by molar-refractivity contribution is 14.1. The van der Waals surface area contributed by atoms with Crippen LogP contribution < -0.4 is 0 Å². The second-order valence-corrected chi connectivity index (χ2v) is 9.73. The van der Waals surface area contributed by atoms with E-state index in [1.165, 1.54) is 12.1 Å². The van der Waals surface area contributed by atoms with Gasteiger partial charge < -0.3 is 4.74 Å². The standard InChI is InChI=1S/C16H17ClINO3S2/c1-2-22-16(12-17)23(15-11-7-6-10-14(15)18)19-24(20,21)13-8-4-3-5-9-13/h3-11,16H,2,12H2,1H3/t16-,23+/m1/s1. The third-order valence-electron chi connectivity index (χ3n) is 3.01. The molecule has 0 bridgehead atoms. The minimum absolute atomic E-state index is 0.162. The van der Waals surface area contributed by atoms with Crippen molar-refractivity contribution < 1.29 is 13.2 Å². The molecular formula is C16H17ClINO3S2. The van der Waals surface area contributed by atoms with Gasteiger partial charge in [0.1, 0.15) is 5.44 Å². The van der Waals surface area contributed by atoms with Crippen molar-refractivity contribution in [3.8, 4) is 0 Å². The summed E-state index contributed by atoms with van der Waals surface area (Å²) in [5.74, 6) is 0.162. The zero-order valence-electron chi connectivity index (χ0n) is 12.9. The Morgan fingerprint density at radius 1 is 1.17 bits per heavy atom. The molecule has 2 atom stereocenters. The van der Waals surface area contributed by atoms with Gasteiger partial charge in [0.2, 0.25) is 0 Å². The van der Waals surface area contributed by atoms with E-state index >= 15 is 0 Å². The summed E-state index contributed by atoms with van der Waals surface area (Å²) in [6, 6.07) is 15.7. The summed E-state index contributed by atoms with van der Waals surface area (Å²) < 4.78 is 36.2. The second-order valence-electron chi connectivity index (χ2n) is 4.65. The van der Waals surface area contributed by atoms with Crippen LogP contribution in [0.25, 0.3) is 0 Å². The molecule has 0 unspecified atom stereocenters. The fourth-order valence-electron chi connectivity index (χ4n) is 1.94. The molecule has 0 heterocycles. The Bertz CT molecular complexity index is 813. The number of alkyl halides is 1. The molecule has 8 heteroatoms. The van der Waals surface area contributed by atoms with E-state index in [0.717, 1.165) is 8.47 Å². The van der Waals surface area contributed by atoms with Crippen LogP contribution in [0.3, 0.4) is 0 Å². The lowest BCUT2D eigenvalue weighted by atomic mass is 10.4. The van der Waals surface area contributed by atoms with E-state index in [9.17, 15) is 8.42 Å². The first-order valence-corrected chi connectivity index (χ1v) is 11.5. The molecule has 0 radical (unpaired) electrons. The lowest BCUT2D eigenvalue weighted by Crippen LogP contribution is -2.23. The van der Waals surface area contributed by atoms with Gasteiger partial charge in [0, 0.05) is 15.1 Å². The third kappa shape index (κ3) is 5.01. The second kappa shape index (κ2) is 9.28. The number of nitrogens with zero attached hydrogens (tertiary/aromatic N) is 1. The number of benzene rings is 2. The van der Waals surface area contributed by atoms with Gasteiger partial charge in [0.25, 0.3) is 10.0 Å². The summed E-state index contributed by atoms with van der Waals surface area (Å²) in [5, 5.41) is 0. The molecule has 0 spiro atoms. The van der Waals surface area contributed by atoms with E-state index in [1.54, 1.807) is 18.2 Å². The number of halogens is 2. The maximum atomic E-state index is 12.7. The molecule has 0 aliphatic heterocycles. The van der Waals surface area contributed by atoms with Crippen LogP contribution in [-0.4, -0.2) is 26.3 Å². The van der Waals surface area contributed by atoms with Gasteiger partial charge in [-0.2, -0.15) is 8.42 Å². The SMILES string of the molecule is CCO[C@@H](CCl)[S@@](=NS(=O)(=O)c1ccccc1)c1ccccc1I. The lowest BCUT2D eigenvalue weighted by Gasteiger charge is -2.19. The molecule has 2 rings (SSSR count). The number of sulfonamides is 1. The minimum atomic E-state index is -3.80. The van der Waals surface area contributed by atoms with Crippen molar-refractivity contribution in [1.29, 1.82) is 0 Å². The van der Waals surface area contributed by atoms with Crippen molar-refractivity contribution in [3.63, 3.8) is 0 Å². The van der Waals surface area contributed by atoms with Gasteiger partial charge in [-0.1, -0.05) is 30.3 Å². The van der Waals surface area contributed by atoms with Crippen molar-refractivity contribution in [3.05, 3.63) is 58.2 Å². The van der Waals surface area contributed by atoms with E-state index in [0.29, 0.717) is 6.61 Å². The molecule has 2 aromatic carbocycles. The van der Waals surface area contributed by atoms with Crippen molar-refractivity contribution in [1.82, 2.24) is 0 Å². The summed E-state index contributed by atoms with van der Waals surface area (Å²) >= 11 is 8.22. The Labute approximate surface area is 163 Å². The van der Waals surface area contributed by atoms with Crippen molar-refractivity contribution in [2.24, 2.45) is 3.77 Å². The Hall–Kier alpha value is -0.480. The van der Waals surface area contributed by atoms with E-state index < -0.39 is 26.2 Å².